The molecule has 0 saturated heterocycles. The number of rotatable bonds is 5. The first-order chi connectivity index (χ1) is 9.61. The zero-order chi connectivity index (χ0) is 14.5. The van der Waals surface area contributed by atoms with Gasteiger partial charge < -0.3 is 4.74 Å². The number of ether oxygens (including phenoxy) is 1. The van der Waals surface area contributed by atoms with Gasteiger partial charge in [-0.3, -0.25) is 0 Å². The Bertz CT molecular complexity index is 569. The monoisotopic (exact) mass is 372 g/mol. The predicted octanol–water partition coefficient (Wildman–Crippen LogP) is 5.62. The summed E-state index contributed by atoms with van der Waals surface area (Å²) in [4.78, 5) is 0. The van der Waals surface area contributed by atoms with Crippen LogP contribution in [-0.2, 0) is 11.2 Å². The van der Waals surface area contributed by atoms with Crippen LogP contribution in [0.15, 0.2) is 46.9 Å². The SMILES string of the molecule is COCCc1ccc(C(Cl)c2cc(Br)ccc2Cl)cc1. The molecule has 0 radical (unpaired) electrons. The molecule has 2 aromatic rings. The summed E-state index contributed by atoms with van der Waals surface area (Å²) in [5.41, 5.74) is 3.18. The molecule has 1 atom stereocenters. The summed E-state index contributed by atoms with van der Waals surface area (Å²) >= 11 is 16.2. The van der Waals surface area contributed by atoms with Gasteiger partial charge in [0.15, 0.2) is 0 Å². The van der Waals surface area contributed by atoms with Crippen molar-refractivity contribution in [2.45, 2.75) is 11.8 Å². The quantitative estimate of drug-likeness (QED) is 0.618. The van der Waals surface area contributed by atoms with Crippen LogP contribution in [0.4, 0.5) is 0 Å². The summed E-state index contributed by atoms with van der Waals surface area (Å²) < 4.78 is 6.04. The lowest BCUT2D eigenvalue weighted by Gasteiger charge is -2.13. The van der Waals surface area contributed by atoms with Crippen LogP contribution >= 0.6 is 39.1 Å². The fourth-order valence-corrected chi connectivity index (χ4v) is 2.95. The molecule has 0 bridgehead atoms. The third-order valence-electron chi connectivity index (χ3n) is 3.10. The van der Waals surface area contributed by atoms with Crippen molar-refractivity contribution in [3.63, 3.8) is 0 Å². The summed E-state index contributed by atoms with van der Waals surface area (Å²) in [5, 5.41) is 0.424. The molecular formula is C16H15BrCl2O. The van der Waals surface area contributed by atoms with Gasteiger partial charge in [0.05, 0.1) is 12.0 Å². The molecule has 0 aromatic heterocycles. The highest BCUT2D eigenvalue weighted by atomic mass is 79.9. The Kier molecular flexibility index (Phi) is 5.91. The molecular weight excluding hydrogens is 359 g/mol. The summed E-state index contributed by atoms with van der Waals surface area (Å²) in [5.74, 6) is 0. The van der Waals surface area contributed by atoms with Gasteiger partial charge in [0.2, 0.25) is 0 Å². The van der Waals surface area contributed by atoms with Crippen LogP contribution in [0.25, 0.3) is 0 Å². The normalized spacial score (nSPS) is 12.4. The van der Waals surface area contributed by atoms with E-state index in [-0.39, 0.29) is 5.38 Å². The van der Waals surface area contributed by atoms with Crippen molar-refractivity contribution in [1.82, 2.24) is 0 Å². The Morgan fingerprint density at radius 3 is 2.50 bits per heavy atom. The maximum Gasteiger partial charge on any atom is 0.0850 e. The predicted molar refractivity (Wildman–Crippen MR) is 88.9 cm³/mol. The summed E-state index contributed by atoms with van der Waals surface area (Å²) in [6, 6.07) is 14.0. The molecule has 0 aliphatic rings. The van der Waals surface area contributed by atoms with Crippen molar-refractivity contribution in [2.75, 3.05) is 13.7 Å². The fraction of sp³-hybridized carbons (Fsp3) is 0.250. The number of hydrogen-bond donors (Lipinski definition) is 0. The summed E-state index contributed by atoms with van der Waals surface area (Å²) in [6.45, 7) is 0.723. The Balaban J connectivity index is 2.20. The van der Waals surface area contributed by atoms with E-state index in [0.29, 0.717) is 5.02 Å². The zero-order valence-corrected chi connectivity index (χ0v) is 14.2. The van der Waals surface area contributed by atoms with Crippen molar-refractivity contribution in [1.29, 1.82) is 0 Å². The van der Waals surface area contributed by atoms with Gasteiger partial charge in [0, 0.05) is 16.6 Å². The molecule has 2 rings (SSSR count). The molecule has 1 nitrogen and oxygen atoms in total. The number of hydrogen-bond acceptors (Lipinski definition) is 1. The van der Waals surface area contributed by atoms with Crippen molar-refractivity contribution in [2.24, 2.45) is 0 Å². The Hall–Kier alpha value is -0.540. The van der Waals surface area contributed by atoms with E-state index in [4.69, 9.17) is 27.9 Å². The third-order valence-corrected chi connectivity index (χ3v) is 4.42. The molecule has 0 amide bonds. The Morgan fingerprint density at radius 2 is 1.85 bits per heavy atom. The molecule has 0 aliphatic heterocycles. The molecule has 0 aliphatic carbocycles. The van der Waals surface area contributed by atoms with Gasteiger partial charge in [-0.1, -0.05) is 51.8 Å². The van der Waals surface area contributed by atoms with Crippen LogP contribution in [-0.4, -0.2) is 13.7 Å². The Morgan fingerprint density at radius 1 is 1.15 bits per heavy atom. The molecule has 20 heavy (non-hydrogen) atoms. The molecule has 0 fully saturated rings. The number of benzene rings is 2. The number of alkyl halides is 1. The van der Waals surface area contributed by atoms with Gasteiger partial charge in [-0.05, 0) is 41.3 Å². The lowest BCUT2D eigenvalue weighted by Crippen LogP contribution is -1.97. The standard InChI is InChI=1S/C16H15BrCl2O/c1-20-9-8-11-2-4-12(5-3-11)16(19)14-10-13(17)6-7-15(14)18/h2-7,10,16H,8-9H2,1H3. The van der Waals surface area contributed by atoms with Crippen molar-refractivity contribution < 1.29 is 4.74 Å². The van der Waals surface area contributed by atoms with Crippen LogP contribution in [0.2, 0.25) is 5.02 Å². The zero-order valence-electron chi connectivity index (χ0n) is 11.1. The molecule has 4 heteroatoms. The highest BCUT2D eigenvalue weighted by molar-refractivity contribution is 9.10. The number of halogens is 3. The first kappa shape index (κ1) is 15.8. The average molecular weight is 374 g/mol. The summed E-state index contributed by atoms with van der Waals surface area (Å²) in [7, 11) is 1.71. The Labute approximate surface area is 138 Å². The molecule has 106 valence electrons. The first-order valence-electron chi connectivity index (χ1n) is 6.28. The smallest absolute Gasteiger partial charge is 0.0850 e. The van der Waals surface area contributed by atoms with Crippen LogP contribution in [0.3, 0.4) is 0 Å². The van der Waals surface area contributed by atoms with E-state index in [2.05, 4.69) is 28.1 Å². The van der Waals surface area contributed by atoms with Crippen molar-refractivity contribution in [3.05, 3.63) is 68.7 Å². The summed E-state index contributed by atoms with van der Waals surface area (Å²) in [6.07, 6.45) is 0.904. The second-order valence-electron chi connectivity index (χ2n) is 4.51. The van der Waals surface area contributed by atoms with Gasteiger partial charge in [-0.25, -0.2) is 0 Å². The van der Waals surface area contributed by atoms with Crippen LogP contribution in [0.1, 0.15) is 22.1 Å². The second kappa shape index (κ2) is 7.46. The lowest BCUT2D eigenvalue weighted by molar-refractivity contribution is 0.202. The second-order valence-corrected chi connectivity index (χ2v) is 6.27. The van der Waals surface area contributed by atoms with Crippen LogP contribution < -0.4 is 0 Å². The topological polar surface area (TPSA) is 9.23 Å². The molecule has 0 N–H and O–H groups in total. The molecule has 2 aromatic carbocycles. The number of methoxy groups -OCH3 is 1. The average Bonchev–Trinajstić information content (AvgIpc) is 2.47. The van der Waals surface area contributed by atoms with Gasteiger partial charge in [-0.2, -0.15) is 0 Å². The van der Waals surface area contributed by atoms with Crippen LogP contribution in [0.5, 0.6) is 0 Å². The molecule has 0 spiro atoms. The van der Waals surface area contributed by atoms with Crippen molar-refractivity contribution in [3.8, 4) is 0 Å². The van der Waals surface area contributed by atoms with E-state index in [1.165, 1.54) is 5.56 Å². The van der Waals surface area contributed by atoms with Gasteiger partial charge in [0.1, 0.15) is 0 Å². The van der Waals surface area contributed by atoms with Gasteiger partial charge in [-0.15, -0.1) is 11.6 Å². The maximum atomic E-state index is 6.54. The van der Waals surface area contributed by atoms with E-state index in [1.807, 2.05) is 30.3 Å². The van der Waals surface area contributed by atoms with E-state index < -0.39 is 0 Å². The highest BCUT2D eigenvalue weighted by Crippen LogP contribution is 2.35. The molecule has 1 unspecified atom stereocenters. The minimum Gasteiger partial charge on any atom is -0.384 e. The third kappa shape index (κ3) is 3.98. The first-order valence-corrected chi connectivity index (χ1v) is 7.89. The lowest BCUT2D eigenvalue weighted by atomic mass is 10.0. The van der Waals surface area contributed by atoms with Gasteiger partial charge >= 0.3 is 0 Å². The van der Waals surface area contributed by atoms with Crippen LogP contribution in [0, 0.1) is 0 Å². The van der Waals surface area contributed by atoms with E-state index in [1.54, 1.807) is 7.11 Å². The van der Waals surface area contributed by atoms with Crippen molar-refractivity contribution >= 4 is 39.1 Å². The molecule has 0 saturated carbocycles. The minimum atomic E-state index is -0.253. The maximum absolute atomic E-state index is 6.54. The van der Waals surface area contributed by atoms with E-state index in [9.17, 15) is 0 Å². The largest absolute Gasteiger partial charge is 0.384 e. The minimum absolute atomic E-state index is 0.253. The van der Waals surface area contributed by atoms with E-state index in [0.717, 1.165) is 28.6 Å². The van der Waals surface area contributed by atoms with E-state index >= 15 is 0 Å². The molecule has 0 heterocycles. The fourth-order valence-electron chi connectivity index (χ4n) is 1.96. The highest BCUT2D eigenvalue weighted by Gasteiger charge is 2.14. The van der Waals surface area contributed by atoms with Gasteiger partial charge in [0.25, 0.3) is 0 Å².